The molecule has 0 spiro atoms. The van der Waals surface area contributed by atoms with E-state index in [4.69, 9.17) is 0 Å². The molecule has 1 rings (SSSR count). The number of carboxylic acids is 1. The second-order valence-corrected chi connectivity index (χ2v) is 5.35. The van der Waals surface area contributed by atoms with E-state index in [0.717, 1.165) is 25.7 Å². The summed E-state index contributed by atoms with van der Waals surface area (Å²) in [6, 6.07) is -0.179. The zero-order valence-corrected chi connectivity index (χ0v) is 10.7. The molecule has 1 aliphatic carbocycles. The summed E-state index contributed by atoms with van der Waals surface area (Å²) in [6.07, 6.45) is 4.98. The average molecular weight is 241 g/mol. The predicted molar refractivity (Wildman–Crippen MR) is 65.6 cm³/mol. The highest BCUT2D eigenvalue weighted by Crippen LogP contribution is 2.24. The van der Waals surface area contributed by atoms with Gasteiger partial charge in [-0.25, -0.2) is 0 Å². The van der Waals surface area contributed by atoms with Crippen LogP contribution in [0.25, 0.3) is 0 Å². The Morgan fingerprint density at radius 2 is 1.88 bits per heavy atom. The average Bonchev–Trinajstić information content (AvgIpc) is 2.41. The van der Waals surface area contributed by atoms with Crippen LogP contribution in [0.4, 0.5) is 0 Å². The van der Waals surface area contributed by atoms with Crippen molar-refractivity contribution in [1.29, 1.82) is 0 Å². The second-order valence-electron chi connectivity index (χ2n) is 5.35. The monoisotopic (exact) mass is 241 g/mol. The Balaban J connectivity index is 2.57. The van der Waals surface area contributed by atoms with E-state index in [1.807, 2.05) is 13.8 Å². The topological polar surface area (TPSA) is 66.4 Å². The predicted octanol–water partition coefficient (Wildman–Crippen LogP) is 2.18. The van der Waals surface area contributed by atoms with Gasteiger partial charge in [-0.2, -0.15) is 0 Å². The molecule has 2 unspecified atom stereocenters. The summed E-state index contributed by atoms with van der Waals surface area (Å²) in [7, 11) is 0. The smallest absolute Gasteiger partial charge is 0.308 e. The molecule has 1 amide bonds. The minimum absolute atomic E-state index is 0.0156. The molecular weight excluding hydrogens is 218 g/mol. The summed E-state index contributed by atoms with van der Waals surface area (Å²) in [6.45, 7) is 3.97. The van der Waals surface area contributed by atoms with Gasteiger partial charge < -0.3 is 10.4 Å². The number of carboxylic acid groups (broad SMARTS) is 1. The number of hydrogen-bond acceptors (Lipinski definition) is 2. The molecule has 1 aliphatic rings. The Bertz CT molecular complexity index is 276. The number of aliphatic carboxylic acids is 1. The van der Waals surface area contributed by atoms with Gasteiger partial charge in [0, 0.05) is 12.5 Å². The standard InChI is InChI=1S/C13H23NO3/c1-9(2)8-12(15)14-11-7-5-3-4-6-10(11)13(16)17/h9-11H,3-8H2,1-2H3,(H,14,15)(H,16,17). The third kappa shape index (κ3) is 4.75. The van der Waals surface area contributed by atoms with Crippen LogP contribution in [-0.4, -0.2) is 23.0 Å². The Morgan fingerprint density at radius 3 is 2.47 bits per heavy atom. The van der Waals surface area contributed by atoms with Crippen LogP contribution in [0.1, 0.15) is 52.4 Å². The van der Waals surface area contributed by atoms with Crippen molar-refractivity contribution in [3.05, 3.63) is 0 Å². The number of carbonyl (C=O) groups is 2. The lowest BCUT2D eigenvalue weighted by atomic mass is 9.94. The molecule has 0 aromatic rings. The zero-order valence-electron chi connectivity index (χ0n) is 10.7. The van der Waals surface area contributed by atoms with E-state index in [-0.39, 0.29) is 11.9 Å². The summed E-state index contributed by atoms with van der Waals surface area (Å²) in [5.74, 6) is -0.891. The molecular formula is C13H23NO3. The van der Waals surface area contributed by atoms with E-state index in [0.29, 0.717) is 18.8 Å². The zero-order chi connectivity index (χ0) is 12.8. The van der Waals surface area contributed by atoms with E-state index in [1.165, 1.54) is 0 Å². The van der Waals surface area contributed by atoms with E-state index in [2.05, 4.69) is 5.32 Å². The van der Waals surface area contributed by atoms with Crippen molar-refractivity contribution in [2.24, 2.45) is 11.8 Å². The first-order valence-corrected chi connectivity index (χ1v) is 6.53. The lowest BCUT2D eigenvalue weighted by molar-refractivity contribution is -0.143. The first-order chi connectivity index (χ1) is 8.00. The molecule has 2 N–H and O–H groups in total. The van der Waals surface area contributed by atoms with Crippen molar-refractivity contribution >= 4 is 11.9 Å². The maximum Gasteiger partial charge on any atom is 0.308 e. The van der Waals surface area contributed by atoms with Gasteiger partial charge in [0.1, 0.15) is 0 Å². The first-order valence-electron chi connectivity index (χ1n) is 6.53. The van der Waals surface area contributed by atoms with Gasteiger partial charge in [0.25, 0.3) is 0 Å². The van der Waals surface area contributed by atoms with Gasteiger partial charge in [-0.15, -0.1) is 0 Å². The van der Waals surface area contributed by atoms with Crippen molar-refractivity contribution in [1.82, 2.24) is 5.32 Å². The molecule has 1 fully saturated rings. The van der Waals surface area contributed by atoms with Crippen molar-refractivity contribution in [2.75, 3.05) is 0 Å². The van der Waals surface area contributed by atoms with E-state index in [9.17, 15) is 14.7 Å². The van der Waals surface area contributed by atoms with E-state index in [1.54, 1.807) is 0 Å². The Labute approximate surface area is 103 Å². The van der Waals surface area contributed by atoms with Gasteiger partial charge >= 0.3 is 5.97 Å². The Hall–Kier alpha value is -1.06. The minimum Gasteiger partial charge on any atom is -0.481 e. The summed E-state index contributed by atoms with van der Waals surface area (Å²) >= 11 is 0. The molecule has 0 saturated heterocycles. The number of rotatable bonds is 4. The van der Waals surface area contributed by atoms with Crippen LogP contribution in [0.2, 0.25) is 0 Å². The van der Waals surface area contributed by atoms with Crippen molar-refractivity contribution in [3.8, 4) is 0 Å². The number of hydrogen-bond donors (Lipinski definition) is 2. The van der Waals surface area contributed by atoms with Crippen molar-refractivity contribution in [2.45, 2.75) is 58.4 Å². The maximum absolute atomic E-state index is 11.7. The number of amides is 1. The van der Waals surface area contributed by atoms with Gasteiger partial charge in [-0.3, -0.25) is 9.59 Å². The lowest BCUT2D eigenvalue weighted by Crippen LogP contribution is -2.43. The van der Waals surface area contributed by atoms with Gasteiger partial charge in [0.15, 0.2) is 0 Å². The fraction of sp³-hybridized carbons (Fsp3) is 0.846. The fourth-order valence-electron chi connectivity index (χ4n) is 2.41. The van der Waals surface area contributed by atoms with Gasteiger partial charge in [-0.05, 0) is 18.8 Å². The molecule has 0 aromatic carbocycles. The number of nitrogens with one attached hydrogen (secondary N) is 1. The van der Waals surface area contributed by atoms with Crippen LogP contribution >= 0.6 is 0 Å². The molecule has 0 bridgehead atoms. The molecule has 98 valence electrons. The molecule has 17 heavy (non-hydrogen) atoms. The van der Waals surface area contributed by atoms with Crippen molar-refractivity contribution < 1.29 is 14.7 Å². The van der Waals surface area contributed by atoms with Crippen LogP contribution in [-0.2, 0) is 9.59 Å². The largest absolute Gasteiger partial charge is 0.481 e. The first kappa shape index (κ1) is 14.0. The highest BCUT2D eigenvalue weighted by Gasteiger charge is 2.30. The quantitative estimate of drug-likeness (QED) is 0.741. The van der Waals surface area contributed by atoms with Crippen LogP contribution in [0, 0.1) is 11.8 Å². The van der Waals surface area contributed by atoms with Crippen LogP contribution < -0.4 is 5.32 Å². The normalized spacial score (nSPS) is 25.4. The van der Waals surface area contributed by atoms with Gasteiger partial charge in [0.05, 0.1) is 5.92 Å². The third-order valence-electron chi connectivity index (χ3n) is 3.27. The second kappa shape index (κ2) is 6.62. The summed E-state index contributed by atoms with van der Waals surface area (Å²) < 4.78 is 0. The highest BCUT2D eigenvalue weighted by atomic mass is 16.4. The third-order valence-corrected chi connectivity index (χ3v) is 3.27. The van der Waals surface area contributed by atoms with E-state index < -0.39 is 11.9 Å². The Morgan fingerprint density at radius 1 is 1.24 bits per heavy atom. The summed E-state index contributed by atoms with van der Waals surface area (Å²) in [5, 5.41) is 12.1. The molecule has 4 nitrogen and oxygen atoms in total. The summed E-state index contributed by atoms with van der Waals surface area (Å²) in [4.78, 5) is 22.9. The van der Waals surface area contributed by atoms with Crippen LogP contribution in [0.15, 0.2) is 0 Å². The molecule has 4 heteroatoms. The van der Waals surface area contributed by atoms with Gasteiger partial charge in [-0.1, -0.05) is 33.1 Å². The minimum atomic E-state index is -0.776. The molecule has 0 aliphatic heterocycles. The van der Waals surface area contributed by atoms with Crippen LogP contribution in [0.5, 0.6) is 0 Å². The fourth-order valence-corrected chi connectivity index (χ4v) is 2.41. The molecule has 0 aromatic heterocycles. The molecule has 1 saturated carbocycles. The lowest BCUT2D eigenvalue weighted by Gasteiger charge is -2.23. The Kier molecular flexibility index (Phi) is 5.45. The molecule has 0 radical (unpaired) electrons. The van der Waals surface area contributed by atoms with Gasteiger partial charge in [0.2, 0.25) is 5.91 Å². The van der Waals surface area contributed by atoms with Crippen molar-refractivity contribution in [3.63, 3.8) is 0 Å². The summed E-state index contributed by atoms with van der Waals surface area (Å²) in [5.41, 5.74) is 0. The van der Waals surface area contributed by atoms with E-state index >= 15 is 0 Å². The highest BCUT2D eigenvalue weighted by molar-refractivity contribution is 5.78. The number of carbonyl (C=O) groups excluding carboxylic acids is 1. The molecule has 2 atom stereocenters. The SMILES string of the molecule is CC(C)CC(=O)NC1CCCCCC1C(=O)O. The maximum atomic E-state index is 11.7. The van der Waals surface area contributed by atoms with Crippen LogP contribution in [0.3, 0.4) is 0 Å². The molecule has 0 heterocycles.